The molecule has 146 valence electrons. The number of ether oxygens (including phenoxy) is 1. The Morgan fingerprint density at radius 1 is 1.36 bits per heavy atom. The normalized spacial score (nSPS) is 19.6. The molecular formula is C21H23FN4O2. The fourth-order valence-electron chi connectivity index (χ4n) is 3.83. The van der Waals surface area contributed by atoms with Crippen LogP contribution in [-0.2, 0) is 11.3 Å². The Kier molecular flexibility index (Phi) is 5.00. The molecule has 3 heterocycles. The molecule has 1 saturated heterocycles. The summed E-state index contributed by atoms with van der Waals surface area (Å²) in [5, 5.41) is 6.41. The van der Waals surface area contributed by atoms with Gasteiger partial charge in [0.05, 0.1) is 24.4 Å². The van der Waals surface area contributed by atoms with Crippen molar-refractivity contribution in [2.24, 2.45) is 0 Å². The Morgan fingerprint density at radius 3 is 3.04 bits per heavy atom. The molecule has 1 amide bonds. The summed E-state index contributed by atoms with van der Waals surface area (Å²) in [4.78, 5) is 16.7. The van der Waals surface area contributed by atoms with E-state index in [1.807, 2.05) is 35.7 Å². The van der Waals surface area contributed by atoms with Gasteiger partial charge >= 0.3 is 0 Å². The van der Waals surface area contributed by atoms with E-state index in [1.54, 1.807) is 19.2 Å². The lowest BCUT2D eigenvalue weighted by Crippen LogP contribution is -2.48. The first-order valence-corrected chi connectivity index (χ1v) is 9.35. The van der Waals surface area contributed by atoms with E-state index in [1.165, 1.54) is 6.07 Å². The van der Waals surface area contributed by atoms with Crippen LogP contribution >= 0.6 is 0 Å². The number of aryl methyl sites for hydroxylation is 1. The molecule has 1 aliphatic rings. The summed E-state index contributed by atoms with van der Waals surface area (Å²) in [5.74, 6) is 1.04. The van der Waals surface area contributed by atoms with E-state index in [0.29, 0.717) is 30.7 Å². The van der Waals surface area contributed by atoms with Crippen LogP contribution in [0.1, 0.15) is 36.0 Å². The van der Waals surface area contributed by atoms with Gasteiger partial charge in [0.15, 0.2) is 0 Å². The zero-order valence-electron chi connectivity index (χ0n) is 15.9. The number of carbonyl (C=O) groups is 1. The van der Waals surface area contributed by atoms with Gasteiger partial charge in [0.2, 0.25) is 5.91 Å². The standard InChI is InChI=1S/C21H23FN4O2/c1-13-24-18(19-5-3-4-10-26(13)19)12-23-17-8-9-20(27)25-21(17)15-11-14(28-2)6-7-16(15)22/h3-7,10-11,17,21,23H,8-9,12H2,1-2H3,(H,25,27)/t17-,21+/m1/s1. The number of halogens is 1. The number of piperidine rings is 1. The first-order chi connectivity index (χ1) is 13.6. The second-order valence-electron chi connectivity index (χ2n) is 7.02. The van der Waals surface area contributed by atoms with Crippen molar-refractivity contribution < 1.29 is 13.9 Å². The van der Waals surface area contributed by atoms with Crippen LogP contribution in [0.2, 0.25) is 0 Å². The van der Waals surface area contributed by atoms with Gasteiger partial charge in [-0.15, -0.1) is 0 Å². The number of imidazole rings is 1. The lowest BCUT2D eigenvalue weighted by atomic mass is 9.91. The van der Waals surface area contributed by atoms with Gasteiger partial charge in [0, 0.05) is 30.8 Å². The van der Waals surface area contributed by atoms with Gasteiger partial charge in [-0.3, -0.25) is 4.79 Å². The number of nitrogens with one attached hydrogen (secondary N) is 2. The third-order valence-electron chi connectivity index (χ3n) is 5.27. The third kappa shape index (κ3) is 3.45. The number of nitrogens with zero attached hydrogens (tertiary/aromatic N) is 2. The molecule has 0 unspecified atom stereocenters. The first-order valence-electron chi connectivity index (χ1n) is 9.35. The van der Waals surface area contributed by atoms with Crippen LogP contribution in [0.15, 0.2) is 42.6 Å². The van der Waals surface area contributed by atoms with E-state index in [9.17, 15) is 9.18 Å². The summed E-state index contributed by atoms with van der Waals surface area (Å²) < 4.78 is 21.8. The van der Waals surface area contributed by atoms with E-state index in [2.05, 4.69) is 15.6 Å². The quantitative estimate of drug-likeness (QED) is 0.712. The molecule has 1 fully saturated rings. The largest absolute Gasteiger partial charge is 0.497 e. The average molecular weight is 382 g/mol. The lowest BCUT2D eigenvalue weighted by molar-refractivity contribution is -0.123. The van der Waals surface area contributed by atoms with Crippen molar-refractivity contribution in [3.63, 3.8) is 0 Å². The maximum atomic E-state index is 14.5. The van der Waals surface area contributed by atoms with E-state index < -0.39 is 6.04 Å². The van der Waals surface area contributed by atoms with Crippen LogP contribution in [0.25, 0.3) is 5.52 Å². The van der Waals surface area contributed by atoms with Crippen molar-refractivity contribution in [2.75, 3.05) is 7.11 Å². The topological polar surface area (TPSA) is 67.7 Å². The zero-order valence-corrected chi connectivity index (χ0v) is 15.9. The Bertz CT molecular complexity index is 1020. The van der Waals surface area contributed by atoms with Crippen molar-refractivity contribution in [1.29, 1.82) is 0 Å². The predicted molar refractivity (Wildman–Crippen MR) is 104 cm³/mol. The minimum absolute atomic E-state index is 0.0754. The van der Waals surface area contributed by atoms with Crippen LogP contribution in [0.5, 0.6) is 5.75 Å². The molecule has 0 bridgehead atoms. The first kappa shape index (κ1) is 18.4. The summed E-state index contributed by atoms with van der Waals surface area (Å²) in [6.45, 7) is 2.50. The highest BCUT2D eigenvalue weighted by atomic mass is 19.1. The fraction of sp³-hybridized carbons (Fsp3) is 0.333. The molecular weight excluding hydrogens is 359 g/mol. The van der Waals surface area contributed by atoms with Crippen molar-refractivity contribution in [2.45, 2.75) is 38.4 Å². The molecule has 1 aliphatic heterocycles. The molecule has 6 nitrogen and oxygen atoms in total. The number of aromatic nitrogens is 2. The maximum absolute atomic E-state index is 14.5. The maximum Gasteiger partial charge on any atom is 0.220 e. The van der Waals surface area contributed by atoms with Crippen LogP contribution < -0.4 is 15.4 Å². The van der Waals surface area contributed by atoms with Crippen LogP contribution in [0.3, 0.4) is 0 Å². The highest BCUT2D eigenvalue weighted by Crippen LogP contribution is 2.29. The van der Waals surface area contributed by atoms with Gasteiger partial charge in [0.25, 0.3) is 0 Å². The molecule has 2 aromatic heterocycles. The van der Waals surface area contributed by atoms with Crippen LogP contribution in [-0.4, -0.2) is 28.4 Å². The SMILES string of the molecule is COc1ccc(F)c([C@@H]2NC(=O)CC[C@H]2NCc2nc(C)n3ccccc23)c1. The number of hydrogen-bond donors (Lipinski definition) is 2. The molecule has 4 rings (SSSR count). The van der Waals surface area contributed by atoms with Gasteiger partial charge < -0.3 is 19.8 Å². The van der Waals surface area contributed by atoms with Gasteiger partial charge in [-0.05, 0) is 43.7 Å². The van der Waals surface area contributed by atoms with Gasteiger partial charge in [-0.25, -0.2) is 9.37 Å². The van der Waals surface area contributed by atoms with Crippen molar-refractivity contribution in [1.82, 2.24) is 20.0 Å². The van der Waals surface area contributed by atoms with E-state index in [-0.39, 0.29) is 17.8 Å². The fourth-order valence-corrected chi connectivity index (χ4v) is 3.83. The Labute approximate surface area is 162 Å². The Hall–Kier alpha value is -2.93. The number of hydrogen-bond acceptors (Lipinski definition) is 4. The minimum atomic E-state index is -0.466. The summed E-state index contributed by atoms with van der Waals surface area (Å²) in [6, 6.07) is 10.00. The second kappa shape index (κ2) is 7.59. The highest BCUT2D eigenvalue weighted by molar-refractivity contribution is 5.77. The number of fused-ring (bicyclic) bond motifs is 1. The van der Waals surface area contributed by atoms with Crippen LogP contribution in [0.4, 0.5) is 4.39 Å². The molecule has 0 saturated carbocycles. The average Bonchev–Trinajstić information content (AvgIpc) is 3.03. The monoisotopic (exact) mass is 382 g/mol. The zero-order chi connectivity index (χ0) is 19.7. The van der Waals surface area contributed by atoms with E-state index >= 15 is 0 Å². The lowest BCUT2D eigenvalue weighted by Gasteiger charge is -2.33. The minimum Gasteiger partial charge on any atom is -0.497 e. The Morgan fingerprint density at radius 2 is 2.21 bits per heavy atom. The number of amides is 1. The molecule has 0 spiro atoms. The smallest absolute Gasteiger partial charge is 0.220 e. The molecule has 28 heavy (non-hydrogen) atoms. The number of rotatable bonds is 5. The van der Waals surface area contributed by atoms with Crippen molar-refractivity contribution >= 4 is 11.4 Å². The van der Waals surface area contributed by atoms with Gasteiger partial charge in [0.1, 0.15) is 17.4 Å². The number of carbonyl (C=O) groups excluding carboxylic acids is 1. The Balaban J connectivity index is 1.59. The number of methoxy groups -OCH3 is 1. The van der Waals surface area contributed by atoms with Gasteiger partial charge in [-0.1, -0.05) is 6.07 Å². The molecule has 3 aromatic rings. The van der Waals surface area contributed by atoms with E-state index in [4.69, 9.17) is 4.74 Å². The predicted octanol–water partition coefficient (Wildman–Crippen LogP) is 2.90. The second-order valence-corrected chi connectivity index (χ2v) is 7.02. The molecule has 7 heteroatoms. The molecule has 0 radical (unpaired) electrons. The highest BCUT2D eigenvalue weighted by Gasteiger charge is 2.32. The molecule has 2 N–H and O–H groups in total. The third-order valence-corrected chi connectivity index (χ3v) is 5.27. The molecule has 0 aliphatic carbocycles. The van der Waals surface area contributed by atoms with Crippen molar-refractivity contribution in [3.05, 3.63) is 65.5 Å². The summed E-state index contributed by atoms with van der Waals surface area (Å²) in [6.07, 6.45) is 3.01. The number of benzene rings is 1. The summed E-state index contributed by atoms with van der Waals surface area (Å²) >= 11 is 0. The summed E-state index contributed by atoms with van der Waals surface area (Å²) in [7, 11) is 1.54. The van der Waals surface area contributed by atoms with Crippen molar-refractivity contribution in [3.8, 4) is 5.75 Å². The molecule has 2 atom stereocenters. The van der Waals surface area contributed by atoms with E-state index in [0.717, 1.165) is 17.0 Å². The van der Waals surface area contributed by atoms with Crippen LogP contribution in [0, 0.1) is 12.7 Å². The van der Waals surface area contributed by atoms with Gasteiger partial charge in [-0.2, -0.15) is 0 Å². The summed E-state index contributed by atoms with van der Waals surface area (Å²) in [5.41, 5.74) is 2.40. The molecule has 1 aromatic carbocycles. The number of pyridine rings is 1.